The molecule has 1 aromatic carbocycles. The number of nitrogens with zero attached hydrogens (tertiary/aromatic N) is 1. The second kappa shape index (κ2) is 6.23. The summed E-state index contributed by atoms with van der Waals surface area (Å²) in [5.41, 5.74) is 2.30. The van der Waals surface area contributed by atoms with Crippen LogP contribution in [0.15, 0.2) is 35.4 Å². The van der Waals surface area contributed by atoms with Gasteiger partial charge in [-0.3, -0.25) is 4.79 Å². The Morgan fingerprint density at radius 2 is 2.08 bits per heavy atom. The summed E-state index contributed by atoms with van der Waals surface area (Å²) in [5.74, 6) is -0.334. The van der Waals surface area contributed by atoms with Gasteiger partial charge < -0.3 is 9.88 Å². The van der Waals surface area contributed by atoms with Gasteiger partial charge in [0.25, 0.3) is 5.91 Å². The van der Waals surface area contributed by atoms with Crippen LogP contribution in [0.1, 0.15) is 34.1 Å². The van der Waals surface area contributed by atoms with Gasteiger partial charge in [0.05, 0.1) is 0 Å². The summed E-state index contributed by atoms with van der Waals surface area (Å²) in [5, 5.41) is 3.14. The van der Waals surface area contributed by atoms with E-state index in [0.29, 0.717) is 11.4 Å². The second-order valence-corrected chi connectivity index (χ2v) is 7.96. The fourth-order valence-corrected chi connectivity index (χ4v) is 4.51. The molecule has 2 N–H and O–H groups in total. The smallest absolute Gasteiger partial charge is 0.267 e. The first kappa shape index (κ1) is 17.0. The number of carbonyl (C=O) groups excluding carboxylic acids is 1. The van der Waals surface area contributed by atoms with Gasteiger partial charge in [0.15, 0.2) is 0 Å². The van der Waals surface area contributed by atoms with Gasteiger partial charge in [-0.25, -0.2) is 13.1 Å². The van der Waals surface area contributed by atoms with Crippen LogP contribution in [0.2, 0.25) is 5.02 Å². The lowest BCUT2D eigenvalue weighted by Crippen LogP contribution is -2.27. The summed E-state index contributed by atoms with van der Waals surface area (Å²) in [6.07, 6.45) is 2.90. The van der Waals surface area contributed by atoms with Gasteiger partial charge in [-0.05, 0) is 42.2 Å². The van der Waals surface area contributed by atoms with Gasteiger partial charge >= 0.3 is 0 Å². The van der Waals surface area contributed by atoms with E-state index in [1.165, 1.54) is 23.9 Å². The highest BCUT2D eigenvalue weighted by Gasteiger charge is 2.29. The van der Waals surface area contributed by atoms with Crippen LogP contribution in [-0.4, -0.2) is 25.9 Å². The van der Waals surface area contributed by atoms with Crippen molar-refractivity contribution in [1.82, 2.24) is 14.6 Å². The topological polar surface area (TPSA) is 80.2 Å². The molecule has 128 valence electrons. The standard InChI is InChI=1S/C16H18ClN3O3S/c1-18-16(21)15-8-12(9-20(15)2)24(22,23)19-14-6-3-10-7-11(17)4-5-13(10)14/h4-5,7-9,14,19H,3,6H2,1-2H3,(H,18,21)/t14-/m0/s1. The third-order valence-electron chi connectivity index (χ3n) is 4.23. The number of amides is 1. The minimum absolute atomic E-state index is 0.0750. The first-order valence-corrected chi connectivity index (χ1v) is 9.37. The lowest BCUT2D eigenvalue weighted by Gasteiger charge is -2.13. The summed E-state index contributed by atoms with van der Waals surface area (Å²) in [6, 6.07) is 6.58. The highest BCUT2D eigenvalue weighted by atomic mass is 35.5. The van der Waals surface area contributed by atoms with E-state index in [0.717, 1.165) is 17.5 Å². The average molecular weight is 368 g/mol. The first-order chi connectivity index (χ1) is 11.3. The molecule has 1 atom stereocenters. The summed E-state index contributed by atoms with van der Waals surface area (Å²) >= 11 is 5.98. The predicted molar refractivity (Wildman–Crippen MR) is 91.6 cm³/mol. The van der Waals surface area contributed by atoms with Crippen molar-refractivity contribution < 1.29 is 13.2 Å². The van der Waals surface area contributed by atoms with Crippen molar-refractivity contribution in [3.05, 3.63) is 52.3 Å². The number of rotatable bonds is 4. The fraction of sp³-hybridized carbons (Fsp3) is 0.312. The maximum Gasteiger partial charge on any atom is 0.267 e. The van der Waals surface area contributed by atoms with Crippen LogP contribution >= 0.6 is 11.6 Å². The molecule has 0 fully saturated rings. The van der Waals surface area contributed by atoms with Gasteiger partial charge in [-0.15, -0.1) is 0 Å². The number of benzene rings is 1. The lowest BCUT2D eigenvalue weighted by atomic mass is 10.1. The molecule has 0 saturated heterocycles. The molecule has 0 aliphatic heterocycles. The number of hydrogen-bond acceptors (Lipinski definition) is 3. The van der Waals surface area contributed by atoms with Crippen molar-refractivity contribution in [2.45, 2.75) is 23.8 Å². The van der Waals surface area contributed by atoms with Crippen molar-refractivity contribution in [2.75, 3.05) is 7.05 Å². The molecule has 0 bridgehead atoms. The quantitative estimate of drug-likeness (QED) is 0.867. The maximum absolute atomic E-state index is 12.7. The normalized spacial score (nSPS) is 16.9. The lowest BCUT2D eigenvalue weighted by molar-refractivity contribution is 0.0955. The van der Waals surface area contributed by atoms with E-state index >= 15 is 0 Å². The molecule has 1 aliphatic carbocycles. The van der Waals surface area contributed by atoms with Crippen LogP contribution in [0.3, 0.4) is 0 Å². The van der Waals surface area contributed by atoms with Gasteiger partial charge in [0.2, 0.25) is 10.0 Å². The largest absolute Gasteiger partial charge is 0.354 e. The Kier molecular flexibility index (Phi) is 4.42. The molecule has 0 unspecified atom stereocenters. The third kappa shape index (κ3) is 3.07. The van der Waals surface area contributed by atoms with E-state index in [1.807, 2.05) is 12.1 Å². The molecule has 1 amide bonds. The van der Waals surface area contributed by atoms with Crippen molar-refractivity contribution in [3.8, 4) is 0 Å². The van der Waals surface area contributed by atoms with E-state index in [1.54, 1.807) is 13.1 Å². The molecule has 3 rings (SSSR count). The molecule has 1 aromatic heterocycles. The number of carbonyl (C=O) groups is 1. The Morgan fingerprint density at radius 3 is 2.79 bits per heavy atom. The number of sulfonamides is 1. The second-order valence-electron chi connectivity index (χ2n) is 5.81. The van der Waals surface area contributed by atoms with Crippen molar-refractivity contribution in [1.29, 1.82) is 0 Å². The zero-order valence-corrected chi connectivity index (χ0v) is 14.9. The Balaban J connectivity index is 1.87. The summed E-state index contributed by atoms with van der Waals surface area (Å²) < 4.78 is 29.5. The van der Waals surface area contributed by atoms with E-state index in [2.05, 4.69) is 10.0 Å². The zero-order valence-electron chi connectivity index (χ0n) is 13.3. The van der Waals surface area contributed by atoms with Crippen LogP contribution in [0, 0.1) is 0 Å². The third-order valence-corrected chi connectivity index (χ3v) is 5.90. The minimum atomic E-state index is -3.72. The molecular weight excluding hydrogens is 350 g/mol. The number of aromatic nitrogens is 1. The van der Waals surface area contributed by atoms with E-state index in [9.17, 15) is 13.2 Å². The number of hydrogen-bond donors (Lipinski definition) is 2. The number of halogens is 1. The molecular formula is C16H18ClN3O3S. The van der Waals surface area contributed by atoms with Crippen molar-refractivity contribution in [2.24, 2.45) is 7.05 Å². The van der Waals surface area contributed by atoms with E-state index in [-0.39, 0.29) is 22.5 Å². The van der Waals surface area contributed by atoms with Gasteiger partial charge in [0, 0.05) is 31.4 Å². The summed E-state index contributed by atoms with van der Waals surface area (Å²) in [4.78, 5) is 11.8. The molecule has 2 aromatic rings. The molecule has 6 nitrogen and oxygen atoms in total. The molecule has 0 radical (unpaired) electrons. The van der Waals surface area contributed by atoms with E-state index < -0.39 is 10.0 Å². The van der Waals surface area contributed by atoms with Crippen molar-refractivity contribution >= 4 is 27.5 Å². The van der Waals surface area contributed by atoms with Crippen molar-refractivity contribution in [3.63, 3.8) is 0 Å². The minimum Gasteiger partial charge on any atom is -0.354 e. The first-order valence-electron chi connectivity index (χ1n) is 7.51. The van der Waals surface area contributed by atoms with E-state index in [4.69, 9.17) is 11.6 Å². The molecule has 0 saturated carbocycles. The van der Waals surface area contributed by atoms with Crippen LogP contribution in [0.5, 0.6) is 0 Å². The summed E-state index contributed by atoms with van der Waals surface area (Å²) in [7, 11) is -0.586. The number of aryl methyl sites for hydroxylation is 2. The molecule has 0 spiro atoms. The molecule has 1 aliphatic rings. The van der Waals surface area contributed by atoms with Crippen LogP contribution in [0.25, 0.3) is 0 Å². The SMILES string of the molecule is CNC(=O)c1cc(S(=O)(=O)N[C@H]2CCc3cc(Cl)ccc32)cn1C. The predicted octanol–water partition coefficient (Wildman–Crippen LogP) is 2.00. The molecule has 24 heavy (non-hydrogen) atoms. The number of fused-ring (bicyclic) bond motifs is 1. The summed E-state index contributed by atoms with van der Waals surface area (Å²) in [6.45, 7) is 0. The Morgan fingerprint density at radius 1 is 1.33 bits per heavy atom. The monoisotopic (exact) mass is 367 g/mol. The maximum atomic E-state index is 12.7. The molecule has 1 heterocycles. The fourth-order valence-electron chi connectivity index (χ4n) is 3.00. The van der Waals surface area contributed by atoms with Gasteiger partial charge in [0.1, 0.15) is 10.6 Å². The van der Waals surface area contributed by atoms with Gasteiger partial charge in [-0.2, -0.15) is 0 Å². The van der Waals surface area contributed by atoms with Crippen LogP contribution < -0.4 is 10.0 Å². The van der Waals surface area contributed by atoms with Crippen LogP contribution in [-0.2, 0) is 23.5 Å². The zero-order chi connectivity index (χ0) is 17.5. The Bertz CT molecular complexity index is 905. The van der Waals surface area contributed by atoms with Gasteiger partial charge in [-0.1, -0.05) is 17.7 Å². The Hall–Kier alpha value is -1.83. The Labute approximate surface area is 145 Å². The number of nitrogens with one attached hydrogen (secondary N) is 2. The highest BCUT2D eigenvalue weighted by Crippen LogP contribution is 2.34. The highest BCUT2D eigenvalue weighted by molar-refractivity contribution is 7.89. The average Bonchev–Trinajstić information content (AvgIpc) is 3.10. The van der Waals surface area contributed by atoms with Crippen LogP contribution in [0.4, 0.5) is 0 Å². The molecule has 8 heteroatoms.